The van der Waals surface area contributed by atoms with Gasteiger partial charge in [-0.05, 0) is 37.0 Å². The van der Waals surface area contributed by atoms with E-state index < -0.39 is 10.8 Å². The van der Waals surface area contributed by atoms with E-state index in [1.54, 1.807) is 0 Å². The molecule has 0 saturated carbocycles. The van der Waals surface area contributed by atoms with Crippen molar-refractivity contribution in [2.24, 2.45) is 5.92 Å². The Kier molecular flexibility index (Phi) is 11.0. The minimum absolute atomic E-state index is 0.291. The van der Waals surface area contributed by atoms with Gasteiger partial charge in [-0.2, -0.15) is 0 Å². The van der Waals surface area contributed by atoms with Crippen LogP contribution in [0.1, 0.15) is 52.9 Å². The van der Waals surface area contributed by atoms with E-state index in [1.165, 1.54) is 13.0 Å². The first-order valence-electron chi connectivity index (χ1n) is 8.40. The Morgan fingerprint density at radius 3 is 2.29 bits per heavy atom. The van der Waals surface area contributed by atoms with Gasteiger partial charge in [0.2, 0.25) is 0 Å². The first kappa shape index (κ1) is 20.6. The van der Waals surface area contributed by atoms with Gasteiger partial charge in [0.05, 0.1) is 27.2 Å². The lowest BCUT2D eigenvalue weighted by Crippen LogP contribution is -2.42. The fourth-order valence-corrected chi connectivity index (χ4v) is 3.75. The van der Waals surface area contributed by atoms with E-state index in [1.807, 2.05) is 11.5 Å². The van der Waals surface area contributed by atoms with E-state index in [9.17, 15) is 4.21 Å². The molecule has 0 aromatic carbocycles. The molecule has 0 aromatic heterocycles. The van der Waals surface area contributed by atoms with Gasteiger partial charge in [0.1, 0.15) is 0 Å². The van der Waals surface area contributed by atoms with E-state index in [2.05, 4.69) is 47.5 Å². The van der Waals surface area contributed by atoms with Crippen LogP contribution in [0.5, 0.6) is 0 Å². The third-order valence-corrected chi connectivity index (χ3v) is 5.88. The molecule has 0 radical (unpaired) electrons. The van der Waals surface area contributed by atoms with Gasteiger partial charge in [-0.1, -0.05) is 32.9 Å². The summed E-state index contributed by atoms with van der Waals surface area (Å²) in [5.74, 6) is 0.512. The molecular weight excluding hydrogens is 278 g/mol. The molecule has 0 aromatic rings. The zero-order valence-corrected chi connectivity index (χ0v) is 15.6. The molecule has 0 heterocycles. The van der Waals surface area contributed by atoms with Crippen LogP contribution in [0.2, 0.25) is 0 Å². The topological polar surface area (TPSA) is 17.1 Å². The maximum absolute atomic E-state index is 12.4. The maximum atomic E-state index is 12.4. The van der Waals surface area contributed by atoms with Crippen LogP contribution >= 0.6 is 0 Å². The van der Waals surface area contributed by atoms with Crippen LogP contribution in [0.15, 0.2) is 24.1 Å². The molecule has 3 atom stereocenters. The molecule has 21 heavy (non-hydrogen) atoms. The third kappa shape index (κ3) is 9.26. The highest BCUT2D eigenvalue weighted by Gasteiger charge is 2.19. The summed E-state index contributed by atoms with van der Waals surface area (Å²) in [6.45, 7) is 12.7. The van der Waals surface area contributed by atoms with Crippen molar-refractivity contribution in [3.8, 4) is 0 Å². The summed E-state index contributed by atoms with van der Waals surface area (Å²) in [6, 6.07) is 0. The lowest BCUT2D eigenvalue weighted by molar-refractivity contribution is -0.890. The first-order valence-corrected chi connectivity index (χ1v) is 9.68. The fourth-order valence-electron chi connectivity index (χ4n) is 2.56. The van der Waals surface area contributed by atoms with Crippen LogP contribution in [-0.2, 0) is 10.8 Å². The van der Waals surface area contributed by atoms with Gasteiger partial charge < -0.3 is 4.48 Å². The van der Waals surface area contributed by atoms with E-state index in [4.69, 9.17) is 0 Å². The van der Waals surface area contributed by atoms with Crippen molar-refractivity contribution in [2.45, 2.75) is 58.1 Å². The first-order chi connectivity index (χ1) is 9.90. The van der Waals surface area contributed by atoms with E-state index in [0.29, 0.717) is 11.2 Å². The summed E-state index contributed by atoms with van der Waals surface area (Å²) in [4.78, 5) is 0. The Labute approximate surface area is 135 Å². The third-order valence-electron chi connectivity index (χ3n) is 4.20. The molecule has 124 valence electrons. The summed E-state index contributed by atoms with van der Waals surface area (Å²) in [7, 11) is 3.70. The van der Waals surface area contributed by atoms with E-state index in [0.717, 1.165) is 36.7 Å². The number of allylic oxidation sites excluding steroid dienone is 2. The molecule has 0 aliphatic rings. The largest absolute Gasteiger partial charge is 0.328 e. The Bertz CT molecular complexity index is 336. The van der Waals surface area contributed by atoms with Crippen molar-refractivity contribution < 1.29 is 8.69 Å². The van der Waals surface area contributed by atoms with Crippen molar-refractivity contribution in [3.05, 3.63) is 24.1 Å². The standard InChI is InChI=1S/C18H36NOS/c1-7-14-19(5,6)15-13-18(10-4)21(20)16-11-12-17(8-2)9-3/h8,11,16-18H,2,7,9-10,12-15H2,1,3-6H3/q+1. The predicted molar refractivity (Wildman–Crippen MR) is 96.7 cm³/mol. The molecule has 0 aliphatic carbocycles. The highest BCUT2D eigenvalue weighted by Crippen LogP contribution is 2.14. The van der Waals surface area contributed by atoms with Crippen molar-refractivity contribution in [2.75, 3.05) is 27.2 Å². The summed E-state index contributed by atoms with van der Waals surface area (Å²) in [6.07, 6.45) is 9.36. The molecule has 0 saturated heterocycles. The van der Waals surface area contributed by atoms with Crippen molar-refractivity contribution >= 4 is 10.8 Å². The van der Waals surface area contributed by atoms with Gasteiger partial charge >= 0.3 is 0 Å². The van der Waals surface area contributed by atoms with Gasteiger partial charge in [0, 0.05) is 22.5 Å². The van der Waals surface area contributed by atoms with Gasteiger partial charge in [-0.15, -0.1) is 6.58 Å². The average Bonchev–Trinajstić information content (AvgIpc) is 2.44. The molecule has 0 fully saturated rings. The van der Waals surface area contributed by atoms with Gasteiger partial charge in [-0.25, -0.2) is 0 Å². The molecule has 0 aliphatic heterocycles. The van der Waals surface area contributed by atoms with Crippen LogP contribution in [0.3, 0.4) is 0 Å². The monoisotopic (exact) mass is 314 g/mol. The van der Waals surface area contributed by atoms with Crippen molar-refractivity contribution in [1.29, 1.82) is 0 Å². The van der Waals surface area contributed by atoms with Gasteiger partial charge in [0.25, 0.3) is 0 Å². The molecule has 2 nitrogen and oxygen atoms in total. The normalized spacial score (nSPS) is 16.8. The number of rotatable bonds is 12. The SMILES string of the molecule is C=CC(CC)CC=CS(=O)C(CC)CC[N+](C)(C)CCC. The Morgan fingerprint density at radius 2 is 1.81 bits per heavy atom. The summed E-state index contributed by atoms with van der Waals surface area (Å²) in [5, 5.41) is 2.21. The average molecular weight is 315 g/mol. The molecule has 0 spiro atoms. The molecule has 0 bridgehead atoms. The number of quaternary nitrogens is 1. The Morgan fingerprint density at radius 1 is 1.14 bits per heavy atom. The Hall–Kier alpha value is -0.410. The minimum atomic E-state index is -0.842. The van der Waals surface area contributed by atoms with Crippen LogP contribution in [0.4, 0.5) is 0 Å². The van der Waals surface area contributed by atoms with Crippen LogP contribution in [0.25, 0.3) is 0 Å². The summed E-state index contributed by atoms with van der Waals surface area (Å²) >= 11 is 0. The smallest absolute Gasteiger partial charge is 0.0794 e. The Balaban J connectivity index is 4.36. The van der Waals surface area contributed by atoms with Gasteiger partial charge in [-0.3, -0.25) is 4.21 Å². The molecular formula is C18H36NOS+. The number of nitrogens with zero attached hydrogens (tertiary/aromatic N) is 1. The molecule has 3 heteroatoms. The lowest BCUT2D eigenvalue weighted by Gasteiger charge is -2.30. The molecule has 0 N–H and O–H groups in total. The van der Waals surface area contributed by atoms with Crippen molar-refractivity contribution in [1.82, 2.24) is 0 Å². The van der Waals surface area contributed by atoms with E-state index >= 15 is 0 Å². The second-order valence-corrected chi connectivity index (χ2v) is 8.14. The minimum Gasteiger partial charge on any atom is -0.328 e. The van der Waals surface area contributed by atoms with Crippen molar-refractivity contribution in [3.63, 3.8) is 0 Å². The maximum Gasteiger partial charge on any atom is 0.0794 e. The summed E-state index contributed by atoms with van der Waals surface area (Å²) in [5.41, 5.74) is 0. The van der Waals surface area contributed by atoms with Gasteiger partial charge in [0.15, 0.2) is 0 Å². The second kappa shape index (κ2) is 11.2. The molecule has 3 unspecified atom stereocenters. The fraction of sp³-hybridized carbons (Fsp3) is 0.778. The second-order valence-electron chi connectivity index (χ2n) is 6.54. The molecule has 0 rings (SSSR count). The van der Waals surface area contributed by atoms with Crippen LogP contribution in [-0.4, -0.2) is 41.1 Å². The zero-order valence-electron chi connectivity index (χ0n) is 14.8. The highest BCUT2D eigenvalue weighted by atomic mass is 32.2. The highest BCUT2D eigenvalue weighted by molar-refractivity contribution is 7.88. The molecule has 0 amide bonds. The number of hydrogen-bond donors (Lipinski definition) is 0. The summed E-state index contributed by atoms with van der Waals surface area (Å²) < 4.78 is 13.4. The quantitative estimate of drug-likeness (QED) is 0.383. The zero-order chi connectivity index (χ0) is 16.3. The van der Waals surface area contributed by atoms with Crippen LogP contribution in [0, 0.1) is 5.92 Å². The van der Waals surface area contributed by atoms with E-state index in [-0.39, 0.29) is 0 Å². The van der Waals surface area contributed by atoms with Crippen LogP contribution < -0.4 is 0 Å². The lowest BCUT2D eigenvalue weighted by atomic mass is 10.0. The predicted octanol–water partition coefficient (Wildman–Crippen LogP) is 4.51. The number of hydrogen-bond acceptors (Lipinski definition) is 1.